The van der Waals surface area contributed by atoms with E-state index in [1.165, 1.54) is 5.57 Å². The molecule has 1 fully saturated rings. The van der Waals surface area contributed by atoms with Crippen LogP contribution >= 0.6 is 0 Å². The molecule has 0 bridgehead atoms. The van der Waals surface area contributed by atoms with Gasteiger partial charge in [-0.2, -0.15) is 0 Å². The lowest BCUT2D eigenvalue weighted by atomic mass is 10.1. The molecule has 1 aliphatic rings. The van der Waals surface area contributed by atoms with Crippen molar-refractivity contribution in [1.29, 1.82) is 0 Å². The molecule has 0 aliphatic carbocycles. The van der Waals surface area contributed by atoms with E-state index >= 15 is 0 Å². The Kier molecular flexibility index (Phi) is 5.79. The fourth-order valence-corrected chi connectivity index (χ4v) is 2.84. The lowest BCUT2D eigenvalue weighted by Crippen LogP contribution is -2.50. The van der Waals surface area contributed by atoms with Gasteiger partial charge in [0.1, 0.15) is 0 Å². The van der Waals surface area contributed by atoms with Gasteiger partial charge in [0.05, 0.1) is 36.4 Å². The fraction of sp³-hybridized carbons (Fsp3) is 0.400. The number of para-hydroxylation sites is 1. The first-order chi connectivity index (χ1) is 12.1. The van der Waals surface area contributed by atoms with Crippen molar-refractivity contribution < 1.29 is 14.3 Å². The van der Waals surface area contributed by atoms with Crippen LogP contribution < -0.4 is 5.32 Å². The van der Waals surface area contributed by atoms with E-state index in [0.717, 1.165) is 17.3 Å². The lowest BCUT2D eigenvalue weighted by molar-refractivity contribution is -0.0457. The Balaban J connectivity index is 1.67. The van der Waals surface area contributed by atoms with E-state index in [1.807, 2.05) is 50.3 Å². The number of aromatic nitrogens is 1. The van der Waals surface area contributed by atoms with E-state index in [4.69, 9.17) is 9.47 Å². The molecule has 1 saturated heterocycles. The van der Waals surface area contributed by atoms with E-state index in [0.29, 0.717) is 25.4 Å². The number of rotatable bonds is 5. The molecule has 2 atom stereocenters. The van der Waals surface area contributed by atoms with Crippen molar-refractivity contribution in [3.63, 3.8) is 0 Å². The summed E-state index contributed by atoms with van der Waals surface area (Å²) in [6.07, 6.45) is 4.39. The van der Waals surface area contributed by atoms with Gasteiger partial charge in [0.25, 0.3) is 5.91 Å². The van der Waals surface area contributed by atoms with Gasteiger partial charge >= 0.3 is 0 Å². The quantitative estimate of drug-likeness (QED) is 0.850. The second kappa shape index (κ2) is 8.23. The van der Waals surface area contributed by atoms with Gasteiger partial charge in [0, 0.05) is 18.2 Å². The van der Waals surface area contributed by atoms with Crippen molar-refractivity contribution in [3.05, 3.63) is 53.7 Å². The van der Waals surface area contributed by atoms with Crippen LogP contribution in [0.2, 0.25) is 0 Å². The number of hydrogen-bond acceptors (Lipinski definition) is 4. The van der Waals surface area contributed by atoms with Crippen LogP contribution in [0, 0.1) is 0 Å². The summed E-state index contributed by atoms with van der Waals surface area (Å²) in [4.78, 5) is 17.0. The van der Waals surface area contributed by atoms with Gasteiger partial charge in [-0.3, -0.25) is 9.78 Å². The average molecular weight is 340 g/mol. The average Bonchev–Trinajstić information content (AvgIpc) is 2.62. The molecule has 132 valence electrons. The van der Waals surface area contributed by atoms with Crippen molar-refractivity contribution >= 4 is 16.8 Å². The SMILES string of the molecule is CC(C)=CCO[C@H]1CCOC[C@H]1NC(=O)c1cnc2ccccc2c1. The molecular weight excluding hydrogens is 316 g/mol. The number of carbonyl (C=O) groups is 1. The van der Waals surface area contributed by atoms with Gasteiger partial charge in [-0.15, -0.1) is 0 Å². The molecule has 1 N–H and O–H groups in total. The number of hydrogen-bond donors (Lipinski definition) is 1. The number of amides is 1. The van der Waals surface area contributed by atoms with Crippen molar-refractivity contribution in [3.8, 4) is 0 Å². The second-order valence-electron chi connectivity index (χ2n) is 6.51. The summed E-state index contributed by atoms with van der Waals surface area (Å²) in [5, 5.41) is 3.99. The maximum absolute atomic E-state index is 12.6. The highest BCUT2D eigenvalue weighted by Crippen LogP contribution is 2.15. The Morgan fingerprint density at radius 3 is 3.08 bits per heavy atom. The molecule has 0 radical (unpaired) electrons. The number of fused-ring (bicyclic) bond motifs is 1. The summed E-state index contributed by atoms with van der Waals surface area (Å²) in [6.45, 7) is 5.76. The van der Waals surface area contributed by atoms with Crippen LogP contribution in [0.1, 0.15) is 30.6 Å². The van der Waals surface area contributed by atoms with Crippen LogP contribution in [0.3, 0.4) is 0 Å². The molecular formula is C20H24N2O3. The number of pyridine rings is 1. The third kappa shape index (κ3) is 4.65. The van der Waals surface area contributed by atoms with Crippen molar-refractivity contribution in [2.45, 2.75) is 32.4 Å². The molecule has 1 amide bonds. The monoisotopic (exact) mass is 340 g/mol. The van der Waals surface area contributed by atoms with E-state index in [1.54, 1.807) is 6.20 Å². The van der Waals surface area contributed by atoms with Gasteiger partial charge in [0.15, 0.2) is 0 Å². The molecule has 5 heteroatoms. The highest BCUT2D eigenvalue weighted by Gasteiger charge is 2.28. The molecule has 0 saturated carbocycles. The smallest absolute Gasteiger partial charge is 0.253 e. The Morgan fingerprint density at radius 2 is 2.24 bits per heavy atom. The molecule has 0 spiro atoms. The Labute approximate surface area is 148 Å². The molecule has 0 unspecified atom stereocenters. The van der Waals surface area contributed by atoms with Crippen LogP contribution in [0.25, 0.3) is 10.9 Å². The summed E-state index contributed by atoms with van der Waals surface area (Å²) < 4.78 is 11.4. The standard InChI is InChI=1S/C20H24N2O3/c1-14(2)7-10-25-19-8-9-24-13-18(19)22-20(23)16-11-15-5-3-4-6-17(15)21-12-16/h3-7,11-12,18-19H,8-10,13H2,1-2H3,(H,22,23)/t18-,19+/m1/s1. The summed E-state index contributed by atoms with van der Waals surface area (Å²) >= 11 is 0. The molecule has 5 nitrogen and oxygen atoms in total. The number of nitrogens with one attached hydrogen (secondary N) is 1. The van der Waals surface area contributed by atoms with Gasteiger partial charge in [0.2, 0.25) is 0 Å². The van der Waals surface area contributed by atoms with E-state index in [-0.39, 0.29) is 18.1 Å². The fourth-order valence-electron chi connectivity index (χ4n) is 2.84. The number of allylic oxidation sites excluding steroid dienone is 1. The zero-order valence-electron chi connectivity index (χ0n) is 14.7. The first kappa shape index (κ1) is 17.6. The highest BCUT2D eigenvalue weighted by molar-refractivity contribution is 5.97. The lowest BCUT2D eigenvalue weighted by Gasteiger charge is -2.31. The zero-order chi connectivity index (χ0) is 17.6. The Bertz CT molecular complexity index is 768. The molecule has 1 aliphatic heterocycles. The molecule has 25 heavy (non-hydrogen) atoms. The summed E-state index contributed by atoms with van der Waals surface area (Å²) in [5.74, 6) is -0.149. The Hall–Kier alpha value is -2.24. The predicted octanol–water partition coefficient (Wildman–Crippen LogP) is 3.10. The van der Waals surface area contributed by atoms with Crippen molar-refractivity contribution in [1.82, 2.24) is 10.3 Å². The highest BCUT2D eigenvalue weighted by atomic mass is 16.5. The van der Waals surface area contributed by atoms with Crippen LogP contribution in [-0.4, -0.2) is 42.9 Å². The third-order valence-electron chi connectivity index (χ3n) is 4.26. The van der Waals surface area contributed by atoms with Crippen LogP contribution in [0.5, 0.6) is 0 Å². The van der Waals surface area contributed by atoms with Crippen molar-refractivity contribution in [2.24, 2.45) is 0 Å². The minimum atomic E-state index is -0.154. The van der Waals surface area contributed by atoms with E-state index in [2.05, 4.69) is 10.3 Å². The number of ether oxygens (including phenoxy) is 2. The number of benzene rings is 1. The number of nitrogens with zero attached hydrogens (tertiary/aromatic N) is 1. The molecule has 2 heterocycles. The van der Waals surface area contributed by atoms with Crippen LogP contribution in [0.4, 0.5) is 0 Å². The maximum atomic E-state index is 12.6. The topological polar surface area (TPSA) is 60.5 Å². The van der Waals surface area contributed by atoms with Crippen LogP contribution in [-0.2, 0) is 9.47 Å². The van der Waals surface area contributed by atoms with Gasteiger partial charge in [-0.05, 0) is 32.4 Å². The van der Waals surface area contributed by atoms with E-state index in [9.17, 15) is 4.79 Å². The normalized spacial score (nSPS) is 20.2. The summed E-state index contributed by atoms with van der Waals surface area (Å²) in [5.41, 5.74) is 2.64. The minimum Gasteiger partial charge on any atom is -0.379 e. The Morgan fingerprint density at radius 1 is 1.40 bits per heavy atom. The molecule has 2 aromatic rings. The van der Waals surface area contributed by atoms with Crippen molar-refractivity contribution in [2.75, 3.05) is 19.8 Å². The molecule has 1 aromatic carbocycles. The summed E-state index contributed by atoms with van der Waals surface area (Å²) in [7, 11) is 0. The first-order valence-electron chi connectivity index (χ1n) is 8.62. The third-order valence-corrected chi connectivity index (χ3v) is 4.26. The van der Waals surface area contributed by atoms with Gasteiger partial charge in [-0.25, -0.2) is 0 Å². The zero-order valence-corrected chi connectivity index (χ0v) is 14.7. The molecule has 3 rings (SSSR count). The maximum Gasteiger partial charge on any atom is 0.253 e. The van der Waals surface area contributed by atoms with Gasteiger partial charge in [-0.1, -0.05) is 29.8 Å². The molecule has 1 aromatic heterocycles. The van der Waals surface area contributed by atoms with E-state index < -0.39 is 0 Å². The largest absolute Gasteiger partial charge is 0.379 e. The summed E-state index contributed by atoms with van der Waals surface area (Å²) in [6, 6.07) is 9.46. The second-order valence-corrected chi connectivity index (χ2v) is 6.51. The number of carbonyl (C=O) groups excluding carboxylic acids is 1. The first-order valence-corrected chi connectivity index (χ1v) is 8.62. The minimum absolute atomic E-state index is 0.0401. The van der Waals surface area contributed by atoms with Gasteiger partial charge < -0.3 is 14.8 Å². The van der Waals surface area contributed by atoms with Crippen LogP contribution in [0.15, 0.2) is 48.2 Å². The predicted molar refractivity (Wildman–Crippen MR) is 97.6 cm³/mol.